The molecule has 1 aliphatic rings. The highest BCUT2D eigenvalue weighted by molar-refractivity contribution is 5.81. The number of hydrogen-bond donors (Lipinski definition) is 0. The van der Waals surface area contributed by atoms with E-state index in [1.165, 1.54) is 0 Å². The van der Waals surface area contributed by atoms with Gasteiger partial charge in [-0.3, -0.25) is 14.5 Å². The second-order valence-electron chi connectivity index (χ2n) is 4.65. The minimum atomic E-state index is -0.320. The number of nitrogens with zero attached hydrogens (tertiary/aromatic N) is 1. The smallest absolute Gasteiger partial charge is 0.323 e. The lowest BCUT2D eigenvalue weighted by Crippen LogP contribution is -2.49. The van der Waals surface area contributed by atoms with E-state index in [0.717, 1.165) is 0 Å². The fourth-order valence-corrected chi connectivity index (χ4v) is 2.51. The van der Waals surface area contributed by atoms with Crippen LogP contribution in [0.3, 0.4) is 0 Å². The molecule has 1 heterocycles. The van der Waals surface area contributed by atoms with E-state index >= 15 is 0 Å². The van der Waals surface area contributed by atoms with E-state index in [1.807, 2.05) is 18.7 Å². The lowest BCUT2D eigenvalue weighted by atomic mass is 10.2. The fraction of sp³-hybridized carbons (Fsp3) is 0.846. The number of rotatable bonds is 5. The van der Waals surface area contributed by atoms with Gasteiger partial charge in [0.1, 0.15) is 12.1 Å². The molecule has 18 heavy (non-hydrogen) atoms. The van der Waals surface area contributed by atoms with E-state index in [2.05, 4.69) is 0 Å². The molecule has 1 saturated heterocycles. The Morgan fingerprint density at radius 1 is 1.06 bits per heavy atom. The molecule has 0 aromatic carbocycles. The Morgan fingerprint density at radius 2 is 1.44 bits per heavy atom. The molecule has 0 aromatic rings. The van der Waals surface area contributed by atoms with Crippen molar-refractivity contribution in [1.29, 1.82) is 0 Å². The van der Waals surface area contributed by atoms with Crippen LogP contribution in [-0.2, 0) is 19.1 Å². The summed E-state index contributed by atoms with van der Waals surface area (Å²) in [7, 11) is 0. The van der Waals surface area contributed by atoms with Gasteiger partial charge < -0.3 is 9.47 Å². The molecule has 1 rings (SSSR count). The van der Waals surface area contributed by atoms with Gasteiger partial charge in [-0.1, -0.05) is 0 Å². The van der Waals surface area contributed by atoms with Crippen LogP contribution in [0.15, 0.2) is 0 Å². The first-order valence-corrected chi connectivity index (χ1v) is 6.63. The van der Waals surface area contributed by atoms with Gasteiger partial charge >= 0.3 is 11.9 Å². The molecule has 0 aliphatic carbocycles. The van der Waals surface area contributed by atoms with Crippen LogP contribution in [0.2, 0.25) is 0 Å². The molecule has 0 amide bonds. The van der Waals surface area contributed by atoms with Gasteiger partial charge in [0.15, 0.2) is 0 Å². The summed E-state index contributed by atoms with van der Waals surface area (Å²) in [6, 6.07) is -0.532. The zero-order chi connectivity index (χ0) is 13.7. The van der Waals surface area contributed by atoms with Gasteiger partial charge in [-0.25, -0.2) is 0 Å². The molecule has 0 spiro atoms. The quantitative estimate of drug-likeness (QED) is 0.696. The van der Waals surface area contributed by atoms with E-state index in [1.54, 1.807) is 13.8 Å². The summed E-state index contributed by atoms with van der Waals surface area (Å²) < 4.78 is 10.1. The zero-order valence-corrected chi connectivity index (χ0v) is 11.6. The Hall–Kier alpha value is -1.10. The molecule has 2 atom stereocenters. The largest absolute Gasteiger partial charge is 0.465 e. The van der Waals surface area contributed by atoms with Crippen LogP contribution >= 0.6 is 0 Å². The second kappa shape index (κ2) is 6.73. The summed E-state index contributed by atoms with van der Waals surface area (Å²) in [6.45, 7) is 8.26. The number of likely N-dealkylation sites (tertiary alicyclic amines) is 1. The molecular weight excluding hydrogens is 234 g/mol. The monoisotopic (exact) mass is 257 g/mol. The van der Waals surface area contributed by atoms with E-state index in [9.17, 15) is 9.59 Å². The summed E-state index contributed by atoms with van der Waals surface area (Å²) in [5.41, 5.74) is 0. The van der Waals surface area contributed by atoms with E-state index in [-0.39, 0.29) is 30.1 Å². The second-order valence-corrected chi connectivity index (χ2v) is 4.65. The predicted molar refractivity (Wildman–Crippen MR) is 67.1 cm³/mol. The van der Waals surface area contributed by atoms with E-state index in [4.69, 9.17) is 9.47 Å². The van der Waals surface area contributed by atoms with Crippen molar-refractivity contribution >= 4 is 11.9 Å². The summed E-state index contributed by atoms with van der Waals surface area (Å²) in [5, 5.41) is 0. The molecule has 1 aliphatic heterocycles. The van der Waals surface area contributed by atoms with Crippen molar-refractivity contribution in [3.8, 4) is 0 Å². The minimum absolute atomic E-state index is 0.108. The van der Waals surface area contributed by atoms with Crippen molar-refractivity contribution in [3.05, 3.63) is 0 Å². The number of ether oxygens (including phenoxy) is 2. The van der Waals surface area contributed by atoms with Gasteiger partial charge in [0.05, 0.1) is 13.2 Å². The normalized spacial score (nSPS) is 24.3. The minimum Gasteiger partial charge on any atom is -0.465 e. The Morgan fingerprint density at radius 3 is 1.72 bits per heavy atom. The molecule has 0 bridgehead atoms. The van der Waals surface area contributed by atoms with Gasteiger partial charge in [-0.05, 0) is 40.5 Å². The SMILES string of the molecule is CCOC(=O)C1CCC(C(=O)OCC)N1C(C)C. The van der Waals surface area contributed by atoms with Crippen molar-refractivity contribution in [3.63, 3.8) is 0 Å². The van der Waals surface area contributed by atoms with Crippen LogP contribution < -0.4 is 0 Å². The van der Waals surface area contributed by atoms with Crippen molar-refractivity contribution in [1.82, 2.24) is 4.90 Å². The van der Waals surface area contributed by atoms with Crippen LogP contribution in [0.1, 0.15) is 40.5 Å². The molecule has 0 N–H and O–H groups in total. The number of carbonyl (C=O) groups excluding carboxylic acids is 2. The lowest BCUT2D eigenvalue weighted by molar-refractivity contribution is -0.154. The molecule has 1 fully saturated rings. The van der Waals surface area contributed by atoms with Crippen LogP contribution in [0.5, 0.6) is 0 Å². The van der Waals surface area contributed by atoms with E-state index in [0.29, 0.717) is 26.1 Å². The molecular formula is C13H23NO4. The average molecular weight is 257 g/mol. The average Bonchev–Trinajstić information content (AvgIpc) is 2.74. The summed E-state index contributed by atoms with van der Waals surface area (Å²) in [5.74, 6) is -0.476. The first kappa shape index (κ1) is 15.0. The van der Waals surface area contributed by atoms with Crippen LogP contribution in [0.4, 0.5) is 0 Å². The van der Waals surface area contributed by atoms with Crippen molar-refractivity contribution in [2.45, 2.75) is 58.7 Å². The third-order valence-electron chi connectivity index (χ3n) is 3.15. The molecule has 5 heteroatoms. The summed E-state index contributed by atoms with van der Waals surface area (Å²) >= 11 is 0. The Bertz CT molecular complexity index is 277. The van der Waals surface area contributed by atoms with Crippen LogP contribution in [0.25, 0.3) is 0 Å². The molecule has 0 saturated carbocycles. The molecule has 2 unspecified atom stereocenters. The maximum absolute atomic E-state index is 11.9. The summed E-state index contributed by atoms with van der Waals surface area (Å²) in [4.78, 5) is 25.7. The van der Waals surface area contributed by atoms with Crippen molar-refractivity contribution in [2.75, 3.05) is 13.2 Å². The maximum Gasteiger partial charge on any atom is 0.323 e. The maximum atomic E-state index is 11.9. The lowest BCUT2D eigenvalue weighted by Gasteiger charge is -2.31. The first-order valence-electron chi connectivity index (χ1n) is 6.63. The number of esters is 2. The molecule has 5 nitrogen and oxygen atoms in total. The van der Waals surface area contributed by atoms with Crippen molar-refractivity contribution in [2.24, 2.45) is 0 Å². The first-order chi connectivity index (χ1) is 8.52. The van der Waals surface area contributed by atoms with Gasteiger partial charge in [-0.15, -0.1) is 0 Å². The predicted octanol–water partition coefficient (Wildman–Crippen LogP) is 1.35. The van der Waals surface area contributed by atoms with Gasteiger partial charge in [-0.2, -0.15) is 0 Å². The number of carbonyl (C=O) groups is 2. The van der Waals surface area contributed by atoms with Gasteiger partial charge in [0, 0.05) is 6.04 Å². The molecule has 0 aromatic heterocycles. The topological polar surface area (TPSA) is 55.8 Å². The van der Waals surface area contributed by atoms with Gasteiger partial charge in [0.25, 0.3) is 0 Å². The molecule has 0 radical (unpaired) electrons. The van der Waals surface area contributed by atoms with E-state index < -0.39 is 0 Å². The Balaban J connectivity index is 2.78. The standard InChI is InChI=1S/C13H23NO4/c1-5-17-12(15)10-7-8-11(13(16)18-6-2)14(10)9(3)4/h9-11H,5-8H2,1-4H3. The third kappa shape index (κ3) is 3.22. The zero-order valence-electron chi connectivity index (χ0n) is 11.6. The van der Waals surface area contributed by atoms with Crippen molar-refractivity contribution < 1.29 is 19.1 Å². The summed E-state index contributed by atoms with van der Waals surface area (Å²) in [6.07, 6.45) is 1.31. The number of hydrogen-bond acceptors (Lipinski definition) is 5. The van der Waals surface area contributed by atoms with Crippen LogP contribution in [0, 0.1) is 0 Å². The Kier molecular flexibility index (Phi) is 5.59. The highest BCUT2D eigenvalue weighted by atomic mass is 16.5. The Labute approximate surface area is 108 Å². The molecule has 104 valence electrons. The van der Waals surface area contributed by atoms with Gasteiger partial charge in [0.2, 0.25) is 0 Å². The third-order valence-corrected chi connectivity index (χ3v) is 3.15. The highest BCUT2D eigenvalue weighted by Crippen LogP contribution is 2.28. The van der Waals surface area contributed by atoms with Crippen LogP contribution in [-0.4, -0.2) is 48.2 Å². The highest BCUT2D eigenvalue weighted by Gasteiger charge is 2.44. The fourth-order valence-electron chi connectivity index (χ4n) is 2.51.